The van der Waals surface area contributed by atoms with Crippen molar-refractivity contribution in [3.8, 4) is 0 Å². The van der Waals surface area contributed by atoms with Gasteiger partial charge in [-0.3, -0.25) is 0 Å². The topological polar surface area (TPSA) is 0 Å². The first-order chi connectivity index (χ1) is 6.38. The average Bonchev–Trinajstić information content (AvgIpc) is 2.17. The summed E-state index contributed by atoms with van der Waals surface area (Å²) >= 11 is 6.56. The molecule has 0 bridgehead atoms. The van der Waals surface area contributed by atoms with Gasteiger partial charge in [-0.2, -0.15) is 0 Å². The predicted octanol–water partition coefficient (Wildman–Crippen LogP) is 3.56. The highest BCUT2D eigenvalue weighted by atomic mass is 32.2. The molecule has 0 heterocycles. The minimum absolute atomic E-state index is 0.865. The Labute approximate surface area is 89.0 Å². The summed E-state index contributed by atoms with van der Waals surface area (Å²) in [5.41, 5.74) is 2.56. The quantitative estimate of drug-likeness (QED) is 0.694. The lowest BCUT2D eigenvalue weighted by molar-refractivity contribution is 1.36. The second kappa shape index (κ2) is 5.95. The highest BCUT2D eigenvalue weighted by molar-refractivity contribution is 8.01. The third kappa shape index (κ3) is 3.33. The molecule has 0 N–H and O–H groups in total. The van der Waals surface area contributed by atoms with Gasteiger partial charge in [0.1, 0.15) is 0 Å². The number of benzene rings is 1. The molecule has 0 saturated carbocycles. The van der Waals surface area contributed by atoms with Crippen LogP contribution in [0.1, 0.15) is 11.1 Å². The van der Waals surface area contributed by atoms with E-state index in [0.29, 0.717) is 0 Å². The maximum Gasteiger partial charge on any atom is 0.00137 e. The summed E-state index contributed by atoms with van der Waals surface area (Å²) in [5.74, 6) is 0. The van der Waals surface area contributed by atoms with Gasteiger partial charge in [-0.25, -0.2) is 0 Å². The minimum atomic E-state index is 0.865. The summed E-state index contributed by atoms with van der Waals surface area (Å²) < 4.78 is 0. The molecule has 0 aromatic heterocycles. The van der Waals surface area contributed by atoms with Crippen LogP contribution in [0.4, 0.5) is 0 Å². The summed E-state index contributed by atoms with van der Waals surface area (Å²) in [6.45, 7) is 0. The molecule has 0 atom stereocenters. The van der Waals surface area contributed by atoms with Crippen LogP contribution in [-0.2, 0) is 6.42 Å². The molecular formula is C11H12S2. The van der Waals surface area contributed by atoms with Gasteiger partial charge in [0, 0.05) is 6.42 Å². The fraction of sp³-hybridized carbons (Fsp3) is 0.182. The van der Waals surface area contributed by atoms with Crippen molar-refractivity contribution in [2.75, 3.05) is 6.26 Å². The van der Waals surface area contributed by atoms with Crippen molar-refractivity contribution < 1.29 is 0 Å². The van der Waals surface area contributed by atoms with Crippen LogP contribution in [-0.4, -0.2) is 11.6 Å². The van der Waals surface area contributed by atoms with Crippen LogP contribution in [0, 0.1) is 0 Å². The van der Waals surface area contributed by atoms with Crippen molar-refractivity contribution in [3.05, 3.63) is 40.8 Å². The summed E-state index contributed by atoms with van der Waals surface area (Å²) in [6, 6.07) is 8.32. The Morgan fingerprint density at radius 1 is 1.38 bits per heavy atom. The average molecular weight is 208 g/mol. The maximum atomic E-state index is 4.85. The molecule has 0 nitrogen and oxygen atoms in total. The van der Waals surface area contributed by atoms with Gasteiger partial charge in [0.15, 0.2) is 0 Å². The van der Waals surface area contributed by atoms with E-state index >= 15 is 0 Å². The van der Waals surface area contributed by atoms with Crippen LogP contribution in [0.3, 0.4) is 0 Å². The van der Waals surface area contributed by atoms with Crippen molar-refractivity contribution in [2.24, 2.45) is 0 Å². The van der Waals surface area contributed by atoms with E-state index in [1.807, 2.05) is 12.1 Å². The second-order valence-electron chi connectivity index (χ2n) is 2.61. The highest BCUT2D eigenvalue weighted by Crippen LogP contribution is 2.12. The van der Waals surface area contributed by atoms with Gasteiger partial charge >= 0.3 is 0 Å². The Morgan fingerprint density at radius 3 is 2.85 bits per heavy atom. The summed E-state index contributed by atoms with van der Waals surface area (Å²) in [5, 5.41) is 3.86. The molecule has 0 unspecified atom stereocenters. The molecule has 0 saturated heterocycles. The zero-order valence-electron chi connectivity index (χ0n) is 7.57. The van der Waals surface area contributed by atoms with Gasteiger partial charge in [0.05, 0.1) is 0 Å². The van der Waals surface area contributed by atoms with Gasteiger partial charge in [-0.05, 0) is 34.2 Å². The van der Waals surface area contributed by atoms with Crippen molar-refractivity contribution in [2.45, 2.75) is 6.42 Å². The van der Waals surface area contributed by atoms with Gasteiger partial charge < -0.3 is 0 Å². The number of hydrogen-bond acceptors (Lipinski definition) is 2. The fourth-order valence-corrected chi connectivity index (χ4v) is 1.58. The van der Waals surface area contributed by atoms with E-state index in [2.05, 4.69) is 29.9 Å². The van der Waals surface area contributed by atoms with Crippen LogP contribution >= 0.6 is 24.0 Å². The maximum absolute atomic E-state index is 4.85. The van der Waals surface area contributed by atoms with Crippen LogP contribution < -0.4 is 0 Å². The predicted molar refractivity (Wildman–Crippen MR) is 66.4 cm³/mol. The standard InChI is InChI=1S/C11H12S2/c1-13-9-7-11-5-3-2-4-10(11)6-8-12/h2-5,7-9H,6H2,1H3/b9-7-. The van der Waals surface area contributed by atoms with Gasteiger partial charge in [-0.15, -0.1) is 11.8 Å². The number of rotatable bonds is 4. The van der Waals surface area contributed by atoms with Crippen molar-refractivity contribution in [1.29, 1.82) is 0 Å². The lowest BCUT2D eigenvalue weighted by Crippen LogP contribution is -1.87. The van der Waals surface area contributed by atoms with Gasteiger partial charge in [0.25, 0.3) is 0 Å². The summed E-state index contributed by atoms with van der Waals surface area (Å²) in [7, 11) is 0. The van der Waals surface area contributed by atoms with Crippen LogP contribution in [0.5, 0.6) is 0 Å². The highest BCUT2D eigenvalue weighted by Gasteiger charge is 1.94. The SMILES string of the molecule is CS/C=C\c1ccccc1CC=S. The molecule has 68 valence electrons. The molecule has 0 aliphatic rings. The van der Waals surface area contributed by atoms with E-state index in [-0.39, 0.29) is 0 Å². The van der Waals surface area contributed by atoms with Crippen molar-refractivity contribution in [1.82, 2.24) is 0 Å². The Hall–Kier alpha value is -0.600. The molecule has 1 rings (SSSR count). The molecule has 0 spiro atoms. The van der Waals surface area contributed by atoms with E-state index < -0.39 is 0 Å². The van der Waals surface area contributed by atoms with Crippen molar-refractivity contribution >= 4 is 35.4 Å². The van der Waals surface area contributed by atoms with E-state index in [1.165, 1.54) is 11.1 Å². The molecule has 0 radical (unpaired) electrons. The first-order valence-corrected chi connectivity index (χ1v) is 5.85. The van der Waals surface area contributed by atoms with E-state index in [1.54, 1.807) is 17.1 Å². The molecular weight excluding hydrogens is 196 g/mol. The Kier molecular flexibility index (Phi) is 4.79. The van der Waals surface area contributed by atoms with E-state index in [0.717, 1.165) is 6.42 Å². The fourth-order valence-electron chi connectivity index (χ4n) is 1.11. The molecule has 0 fully saturated rings. The molecule has 0 aliphatic heterocycles. The zero-order chi connectivity index (χ0) is 9.52. The first-order valence-electron chi connectivity index (χ1n) is 4.09. The molecule has 1 aromatic rings. The Bertz CT molecular complexity index is 303. The molecule has 0 amide bonds. The smallest absolute Gasteiger partial charge is 0.00137 e. The number of hydrogen-bond donors (Lipinski definition) is 0. The largest absolute Gasteiger partial charge is 0.138 e. The van der Waals surface area contributed by atoms with Crippen LogP contribution in [0.25, 0.3) is 6.08 Å². The van der Waals surface area contributed by atoms with E-state index in [4.69, 9.17) is 12.2 Å². The van der Waals surface area contributed by atoms with Crippen LogP contribution in [0.2, 0.25) is 0 Å². The molecule has 0 aliphatic carbocycles. The van der Waals surface area contributed by atoms with Gasteiger partial charge in [0.2, 0.25) is 0 Å². The second-order valence-corrected chi connectivity index (χ2v) is 3.68. The lowest BCUT2D eigenvalue weighted by atomic mass is 10.1. The summed E-state index contributed by atoms with van der Waals surface area (Å²) in [4.78, 5) is 0. The lowest BCUT2D eigenvalue weighted by Gasteiger charge is -2.01. The third-order valence-electron chi connectivity index (χ3n) is 1.74. The number of thioether (sulfide) groups is 1. The van der Waals surface area contributed by atoms with Crippen LogP contribution in [0.15, 0.2) is 29.7 Å². The minimum Gasteiger partial charge on any atom is -0.138 e. The normalized spacial score (nSPS) is 10.5. The monoisotopic (exact) mass is 208 g/mol. The Morgan fingerprint density at radius 2 is 2.15 bits per heavy atom. The first kappa shape index (κ1) is 10.5. The molecule has 2 heteroatoms. The third-order valence-corrected chi connectivity index (χ3v) is 2.32. The zero-order valence-corrected chi connectivity index (χ0v) is 9.20. The summed E-state index contributed by atoms with van der Waals surface area (Å²) in [6.07, 6.45) is 5.04. The molecule has 1 aromatic carbocycles. The Balaban J connectivity index is 2.90. The van der Waals surface area contributed by atoms with E-state index in [9.17, 15) is 0 Å². The number of thiocarbonyl (C=S) groups is 1. The van der Waals surface area contributed by atoms with Gasteiger partial charge in [-0.1, -0.05) is 36.5 Å². The molecule has 13 heavy (non-hydrogen) atoms. The van der Waals surface area contributed by atoms with Crippen molar-refractivity contribution in [3.63, 3.8) is 0 Å².